The number of benzene rings is 2. The van der Waals surface area contributed by atoms with Gasteiger partial charge in [0.1, 0.15) is 18.0 Å². The van der Waals surface area contributed by atoms with Crippen LogP contribution in [0.1, 0.15) is 33.6 Å². The number of anilines is 1. The third kappa shape index (κ3) is 6.20. The average molecular weight is 489 g/mol. The van der Waals surface area contributed by atoms with Crippen molar-refractivity contribution in [2.24, 2.45) is 5.92 Å². The van der Waals surface area contributed by atoms with Crippen molar-refractivity contribution in [3.63, 3.8) is 0 Å². The Kier molecular flexibility index (Phi) is 7.31. The Balaban J connectivity index is 1.40. The van der Waals surface area contributed by atoms with E-state index in [1.54, 1.807) is 29.2 Å². The van der Waals surface area contributed by atoms with Gasteiger partial charge in [-0.05, 0) is 63.8 Å². The van der Waals surface area contributed by atoms with Gasteiger partial charge in [0.15, 0.2) is 17.6 Å². The van der Waals surface area contributed by atoms with Crippen LogP contribution in [0.4, 0.5) is 10.5 Å². The van der Waals surface area contributed by atoms with Gasteiger partial charge in [0.05, 0.1) is 12.2 Å². The molecule has 2 aliphatic heterocycles. The number of aromatic hydroxyl groups is 1. The minimum Gasteiger partial charge on any atom is -0.506 e. The molecule has 2 aromatic rings. The molecule has 0 aromatic heterocycles. The first-order valence-corrected chi connectivity index (χ1v) is 12.2. The molecule has 0 radical (unpaired) electrons. The van der Waals surface area contributed by atoms with Crippen LogP contribution in [0, 0.1) is 5.92 Å². The monoisotopic (exact) mass is 488 g/mol. The fourth-order valence-corrected chi connectivity index (χ4v) is 4.54. The molecule has 2 heterocycles. The van der Waals surface area contributed by atoms with E-state index >= 15 is 0 Å². The zero-order chi connectivity index (χ0) is 24.3. The van der Waals surface area contributed by atoms with Crippen molar-refractivity contribution < 1.29 is 24.1 Å². The van der Waals surface area contributed by atoms with Gasteiger partial charge in [-0.25, -0.2) is 4.79 Å². The van der Waals surface area contributed by atoms with Crippen LogP contribution in [0.3, 0.4) is 0 Å². The Labute approximate surface area is 206 Å². The maximum Gasteiger partial charge on any atom is 0.410 e. The third-order valence-electron chi connectivity index (χ3n) is 6.02. The molecular formula is C26H33ClN2O5. The summed E-state index contributed by atoms with van der Waals surface area (Å²) in [7, 11) is 0. The smallest absolute Gasteiger partial charge is 0.410 e. The summed E-state index contributed by atoms with van der Waals surface area (Å²) in [6, 6.07) is 12.7. The highest BCUT2D eigenvalue weighted by Gasteiger charge is 2.31. The summed E-state index contributed by atoms with van der Waals surface area (Å²) in [4.78, 5) is 17.0. The number of piperidine rings is 1. The van der Waals surface area contributed by atoms with Crippen molar-refractivity contribution in [1.29, 1.82) is 0 Å². The number of halogens is 1. The summed E-state index contributed by atoms with van der Waals surface area (Å²) in [5.41, 5.74) is 0.267. The molecule has 1 saturated heterocycles. The second kappa shape index (κ2) is 10.2. The van der Waals surface area contributed by atoms with E-state index in [1.807, 2.05) is 39.0 Å². The van der Waals surface area contributed by atoms with E-state index in [4.69, 9.17) is 25.8 Å². The van der Waals surface area contributed by atoms with Gasteiger partial charge >= 0.3 is 6.09 Å². The summed E-state index contributed by atoms with van der Waals surface area (Å²) in [6.07, 6.45) is 1.15. The van der Waals surface area contributed by atoms with Crippen LogP contribution < -0.4 is 14.4 Å². The molecule has 1 fully saturated rings. The molecule has 7 nitrogen and oxygen atoms in total. The average Bonchev–Trinajstić information content (AvgIpc) is 2.78. The number of rotatable bonds is 5. The largest absolute Gasteiger partial charge is 0.506 e. The second-order valence-electron chi connectivity index (χ2n) is 9.95. The van der Waals surface area contributed by atoms with E-state index in [0.717, 1.165) is 31.6 Å². The number of para-hydroxylation sites is 2. The van der Waals surface area contributed by atoms with Crippen molar-refractivity contribution in [3.8, 4) is 17.2 Å². The molecule has 0 bridgehead atoms. The van der Waals surface area contributed by atoms with Gasteiger partial charge in [-0.1, -0.05) is 23.7 Å². The van der Waals surface area contributed by atoms with Gasteiger partial charge in [0.25, 0.3) is 0 Å². The molecule has 2 aliphatic rings. The SMILES string of the molecule is CC(C)(C)OC(=O)N(CC1CCN(c2ccccc2O)CC1)CC1COc2ccc(Cl)cc2O1. The maximum absolute atomic E-state index is 13.1. The van der Waals surface area contributed by atoms with Crippen molar-refractivity contribution in [3.05, 3.63) is 47.5 Å². The summed E-state index contributed by atoms with van der Waals surface area (Å²) in [5, 5.41) is 10.8. The molecule has 0 spiro atoms. The van der Waals surface area contributed by atoms with Gasteiger partial charge in [0.2, 0.25) is 0 Å². The van der Waals surface area contributed by atoms with Crippen molar-refractivity contribution >= 4 is 23.4 Å². The van der Waals surface area contributed by atoms with Gasteiger partial charge in [-0.15, -0.1) is 0 Å². The fraction of sp³-hybridized carbons (Fsp3) is 0.500. The molecule has 1 atom stereocenters. The van der Waals surface area contributed by atoms with Crippen LogP contribution in [0.2, 0.25) is 5.02 Å². The normalized spacial score (nSPS) is 18.5. The lowest BCUT2D eigenvalue weighted by Crippen LogP contribution is -2.48. The van der Waals surface area contributed by atoms with Crippen molar-refractivity contribution in [1.82, 2.24) is 4.90 Å². The number of amides is 1. The molecule has 8 heteroatoms. The maximum atomic E-state index is 13.1. The summed E-state index contributed by atoms with van der Waals surface area (Å²) >= 11 is 6.11. The van der Waals surface area contributed by atoms with Crippen LogP contribution in [-0.4, -0.2) is 60.6 Å². The number of fused-ring (bicyclic) bond motifs is 1. The topological polar surface area (TPSA) is 71.5 Å². The van der Waals surface area contributed by atoms with Gasteiger partial charge in [-0.2, -0.15) is 0 Å². The summed E-state index contributed by atoms with van der Waals surface area (Å²) < 4.78 is 17.7. The third-order valence-corrected chi connectivity index (χ3v) is 6.25. The van der Waals surface area contributed by atoms with Crippen molar-refractivity contribution in [2.45, 2.75) is 45.3 Å². The van der Waals surface area contributed by atoms with Crippen LogP contribution in [-0.2, 0) is 4.74 Å². The number of phenolic OH excluding ortho intramolecular Hbond substituents is 1. The van der Waals surface area contributed by atoms with Gasteiger partial charge in [0, 0.05) is 30.7 Å². The number of nitrogens with zero attached hydrogens (tertiary/aromatic N) is 2. The number of phenols is 1. The lowest BCUT2D eigenvalue weighted by atomic mass is 9.95. The minimum absolute atomic E-state index is 0.297. The molecule has 4 rings (SSSR count). The zero-order valence-corrected chi connectivity index (χ0v) is 20.8. The van der Waals surface area contributed by atoms with E-state index in [9.17, 15) is 9.90 Å². The molecule has 0 aliphatic carbocycles. The standard InChI is InChI=1S/C26H33ClN2O5/c1-26(2,3)34-25(31)29(16-20-17-32-23-9-8-19(27)14-24(23)33-20)15-18-10-12-28(13-11-18)21-6-4-5-7-22(21)30/h4-9,14,18,20,30H,10-13,15-17H2,1-3H3. The Morgan fingerprint density at radius 2 is 1.88 bits per heavy atom. The predicted molar refractivity (Wildman–Crippen MR) is 132 cm³/mol. The molecule has 1 N–H and O–H groups in total. The Bertz CT molecular complexity index is 1000. The number of carbonyl (C=O) groups is 1. The van der Waals surface area contributed by atoms with E-state index in [2.05, 4.69) is 4.90 Å². The molecule has 1 amide bonds. The zero-order valence-electron chi connectivity index (χ0n) is 20.0. The molecular weight excluding hydrogens is 456 g/mol. The molecule has 184 valence electrons. The van der Waals surface area contributed by atoms with Gasteiger partial charge < -0.3 is 29.1 Å². The van der Waals surface area contributed by atoms with Crippen LogP contribution in [0.15, 0.2) is 42.5 Å². The fourth-order valence-electron chi connectivity index (χ4n) is 4.38. The van der Waals surface area contributed by atoms with E-state index < -0.39 is 5.60 Å². The lowest BCUT2D eigenvalue weighted by molar-refractivity contribution is 0.00394. The first-order valence-electron chi connectivity index (χ1n) is 11.8. The van der Waals surface area contributed by atoms with Crippen LogP contribution in [0.25, 0.3) is 0 Å². The van der Waals surface area contributed by atoms with E-state index in [-0.39, 0.29) is 12.2 Å². The molecule has 1 unspecified atom stereocenters. The Morgan fingerprint density at radius 3 is 2.59 bits per heavy atom. The summed E-state index contributed by atoms with van der Waals surface area (Å²) in [5.74, 6) is 1.86. The second-order valence-corrected chi connectivity index (χ2v) is 10.4. The number of hydrogen-bond donors (Lipinski definition) is 1. The summed E-state index contributed by atoms with van der Waals surface area (Å²) in [6.45, 7) is 8.52. The Morgan fingerprint density at radius 1 is 1.15 bits per heavy atom. The first-order chi connectivity index (χ1) is 16.2. The van der Waals surface area contributed by atoms with Gasteiger partial charge in [-0.3, -0.25) is 0 Å². The minimum atomic E-state index is -0.590. The van der Waals surface area contributed by atoms with Crippen LogP contribution in [0.5, 0.6) is 17.2 Å². The lowest BCUT2D eigenvalue weighted by Gasteiger charge is -2.38. The molecule has 34 heavy (non-hydrogen) atoms. The van der Waals surface area contributed by atoms with Crippen LogP contribution >= 0.6 is 11.6 Å². The number of hydrogen-bond acceptors (Lipinski definition) is 6. The molecule has 0 saturated carbocycles. The highest BCUT2D eigenvalue weighted by molar-refractivity contribution is 6.30. The quantitative estimate of drug-likeness (QED) is 0.612. The number of carbonyl (C=O) groups excluding carboxylic acids is 1. The number of ether oxygens (including phenoxy) is 3. The van der Waals surface area contributed by atoms with Crippen molar-refractivity contribution in [2.75, 3.05) is 37.7 Å². The highest BCUT2D eigenvalue weighted by Crippen LogP contribution is 2.35. The highest BCUT2D eigenvalue weighted by atomic mass is 35.5. The first kappa shape index (κ1) is 24.3. The Hall–Kier alpha value is -2.80. The van der Waals surface area contributed by atoms with E-state index in [0.29, 0.717) is 47.9 Å². The molecule has 2 aromatic carbocycles. The predicted octanol–water partition coefficient (Wildman–Crippen LogP) is 5.34. The van der Waals surface area contributed by atoms with E-state index in [1.165, 1.54) is 0 Å².